The Morgan fingerprint density at radius 3 is 2.58 bits per heavy atom. The highest BCUT2D eigenvalue weighted by atomic mass is 16.5. The highest BCUT2D eigenvalue weighted by molar-refractivity contribution is 6.07. The first-order valence-electron chi connectivity index (χ1n) is 8.23. The number of fused-ring (bicyclic) bond motifs is 1. The Labute approximate surface area is 141 Å². The number of aliphatic hydroxyl groups excluding tert-OH is 1. The largest absolute Gasteiger partial charge is 0.475 e. The van der Waals surface area contributed by atoms with E-state index in [-0.39, 0.29) is 6.04 Å². The van der Waals surface area contributed by atoms with Crippen molar-refractivity contribution in [3.05, 3.63) is 83.9 Å². The second-order valence-corrected chi connectivity index (χ2v) is 6.09. The molecular weight excluding hydrogens is 298 g/mol. The number of benzene rings is 3. The Hall–Kier alpha value is -2.65. The molecule has 0 fully saturated rings. The fourth-order valence-corrected chi connectivity index (χ4v) is 3.16. The van der Waals surface area contributed by atoms with Gasteiger partial charge in [0.25, 0.3) is 0 Å². The maximum atomic E-state index is 10.4. The smallest absolute Gasteiger partial charge is 0.217 e. The van der Waals surface area contributed by atoms with Gasteiger partial charge >= 0.3 is 0 Å². The van der Waals surface area contributed by atoms with Crippen molar-refractivity contribution in [3.63, 3.8) is 0 Å². The van der Waals surface area contributed by atoms with Crippen molar-refractivity contribution in [1.29, 1.82) is 0 Å². The van der Waals surface area contributed by atoms with E-state index in [0.717, 1.165) is 16.5 Å². The highest BCUT2D eigenvalue weighted by Crippen LogP contribution is 2.26. The van der Waals surface area contributed by atoms with Crippen molar-refractivity contribution in [2.75, 3.05) is 6.61 Å². The molecule has 3 nitrogen and oxygen atoms in total. The average molecular weight is 317 g/mol. The van der Waals surface area contributed by atoms with Gasteiger partial charge in [0, 0.05) is 12.0 Å². The van der Waals surface area contributed by atoms with Gasteiger partial charge in [0.15, 0.2) is 0 Å². The molecule has 0 amide bonds. The lowest BCUT2D eigenvalue weighted by atomic mass is 10.0. The molecule has 3 heteroatoms. The van der Waals surface area contributed by atoms with Crippen molar-refractivity contribution in [2.45, 2.75) is 18.6 Å². The second kappa shape index (κ2) is 6.46. The molecule has 1 heterocycles. The summed E-state index contributed by atoms with van der Waals surface area (Å²) in [6.07, 6.45) is 0.0496. The first kappa shape index (κ1) is 14.9. The fraction of sp³-hybridized carbons (Fsp3) is 0.190. The zero-order chi connectivity index (χ0) is 16.4. The summed E-state index contributed by atoms with van der Waals surface area (Å²) in [5.41, 5.74) is 1.94. The molecule has 2 atom stereocenters. The molecule has 3 aromatic rings. The highest BCUT2D eigenvalue weighted by Gasteiger charge is 2.24. The van der Waals surface area contributed by atoms with Crippen LogP contribution >= 0.6 is 0 Å². The Kier molecular flexibility index (Phi) is 4.01. The van der Waals surface area contributed by atoms with Crippen LogP contribution in [0.2, 0.25) is 0 Å². The molecule has 1 aliphatic rings. The van der Waals surface area contributed by atoms with Crippen molar-refractivity contribution in [2.24, 2.45) is 4.99 Å². The Morgan fingerprint density at radius 2 is 1.71 bits per heavy atom. The summed E-state index contributed by atoms with van der Waals surface area (Å²) in [5, 5.41) is 12.7. The monoisotopic (exact) mass is 317 g/mol. The first-order chi connectivity index (χ1) is 11.8. The van der Waals surface area contributed by atoms with Crippen LogP contribution in [0.25, 0.3) is 10.8 Å². The van der Waals surface area contributed by atoms with E-state index in [4.69, 9.17) is 9.73 Å². The lowest BCUT2D eigenvalue weighted by Crippen LogP contribution is -2.12. The van der Waals surface area contributed by atoms with Gasteiger partial charge in [-0.2, -0.15) is 0 Å². The summed E-state index contributed by atoms with van der Waals surface area (Å²) in [6.45, 7) is 0.516. The minimum atomic E-state index is -0.518. The van der Waals surface area contributed by atoms with E-state index in [1.54, 1.807) is 0 Å². The van der Waals surface area contributed by atoms with Gasteiger partial charge in [-0.15, -0.1) is 0 Å². The minimum Gasteiger partial charge on any atom is -0.475 e. The Bertz CT molecular complexity index is 868. The molecule has 24 heavy (non-hydrogen) atoms. The molecule has 0 saturated carbocycles. The fourth-order valence-electron chi connectivity index (χ4n) is 3.16. The Morgan fingerprint density at radius 1 is 0.958 bits per heavy atom. The molecule has 0 spiro atoms. The van der Waals surface area contributed by atoms with Crippen LogP contribution in [0.4, 0.5) is 0 Å². The molecule has 1 aliphatic heterocycles. The number of ether oxygens (including phenoxy) is 1. The predicted molar refractivity (Wildman–Crippen MR) is 96.2 cm³/mol. The van der Waals surface area contributed by atoms with Crippen LogP contribution in [0.3, 0.4) is 0 Å². The molecule has 0 saturated heterocycles. The van der Waals surface area contributed by atoms with Gasteiger partial charge in [0.05, 0.1) is 12.1 Å². The van der Waals surface area contributed by atoms with Crippen LogP contribution in [-0.2, 0) is 4.74 Å². The zero-order valence-corrected chi connectivity index (χ0v) is 13.3. The van der Waals surface area contributed by atoms with Crippen molar-refractivity contribution in [1.82, 2.24) is 0 Å². The molecule has 0 radical (unpaired) electrons. The number of aliphatic hydroxyl groups is 1. The lowest BCUT2D eigenvalue weighted by Gasteiger charge is -2.12. The van der Waals surface area contributed by atoms with E-state index in [2.05, 4.69) is 18.2 Å². The zero-order valence-electron chi connectivity index (χ0n) is 13.3. The van der Waals surface area contributed by atoms with Gasteiger partial charge in [-0.1, -0.05) is 66.7 Å². The molecule has 120 valence electrons. The summed E-state index contributed by atoms with van der Waals surface area (Å²) in [7, 11) is 0. The summed E-state index contributed by atoms with van der Waals surface area (Å²) in [6, 6.07) is 24.1. The van der Waals surface area contributed by atoms with Crippen LogP contribution < -0.4 is 0 Å². The molecule has 0 bridgehead atoms. The number of hydrogen-bond acceptors (Lipinski definition) is 3. The maximum absolute atomic E-state index is 10.4. The van der Waals surface area contributed by atoms with Gasteiger partial charge in [0.2, 0.25) is 5.90 Å². The standard InChI is InChI=1S/C21H19NO2/c23-20(16-8-2-1-3-9-16)13-17-14-24-21(22-17)19-12-6-10-15-7-4-5-11-18(15)19/h1-12,17,20,23H,13-14H2/t17-,20+/m0/s1. The second-order valence-electron chi connectivity index (χ2n) is 6.09. The summed E-state index contributed by atoms with van der Waals surface area (Å²) < 4.78 is 5.84. The van der Waals surface area contributed by atoms with Crippen LogP contribution in [0.15, 0.2) is 77.8 Å². The predicted octanol–water partition coefficient (Wildman–Crippen LogP) is 4.11. The van der Waals surface area contributed by atoms with Crippen molar-refractivity contribution < 1.29 is 9.84 Å². The van der Waals surface area contributed by atoms with E-state index in [9.17, 15) is 5.11 Å². The van der Waals surface area contributed by atoms with Gasteiger partial charge in [0.1, 0.15) is 6.61 Å². The molecule has 0 unspecified atom stereocenters. The van der Waals surface area contributed by atoms with Gasteiger partial charge in [-0.05, 0) is 22.4 Å². The molecule has 0 aliphatic carbocycles. The SMILES string of the molecule is O[C@H](C[C@H]1COC(c2cccc3ccccc23)=N1)c1ccccc1. The molecule has 0 aromatic heterocycles. The summed E-state index contributed by atoms with van der Waals surface area (Å²) in [4.78, 5) is 4.71. The number of hydrogen-bond donors (Lipinski definition) is 1. The molecule has 4 rings (SSSR count). The minimum absolute atomic E-state index is 0.0193. The average Bonchev–Trinajstić information content (AvgIpc) is 3.10. The van der Waals surface area contributed by atoms with Crippen LogP contribution in [0.1, 0.15) is 23.7 Å². The van der Waals surface area contributed by atoms with E-state index >= 15 is 0 Å². The van der Waals surface area contributed by atoms with Gasteiger partial charge < -0.3 is 9.84 Å². The van der Waals surface area contributed by atoms with E-state index in [1.165, 1.54) is 5.39 Å². The number of nitrogens with zero attached hydrogens (tertiary/aromatic N) is 1. The van der Waals surface area contributed by atoms with E-state index < -0.39 is 6.10 Å². The third kappa shape index (κ3) is 2.91. The molecule has 3 aromatic carbocycles. The lowest BCUT2D eigenvalue weighted by molar-refractivity contribution is 0.151. The topological polar surface area (TPSA) is 41.8 Å². The van der Waals surface area contributed by atoms with Crippen LogP contribution in [0, 0.1) is 0 Å². The molecular formula is C21H19NO2. The maximum Gasteiger partial charge on any atom is 0.217 e. The van der Waals surface area contributed by atoms with E-state index in [0.29, 0.717) is 18.9 Å². The van der Waals surface area contributed by atoms with Crippen LogP contribution in [0.5, 0.6) is 0 Å². The van der Waals surface area contributed by atoms with Gasteiger partial charge in [-0.25, -0.2) is 4.99 Å². The summed E-state index contributed by atoms with van der Waals surface area (Å²) in [5.74, 6) is 0.678. The van der Waals surface area contributed by atoms with Crippen molar-refractivity contribution >= 4 is 16.7 Å². The Balaban J connectivity index is 1.56. The quantitative estimate of drug-likeness (QED) is 0.787. The number of aliphatic imine (C=N–C) groups is 1. The van der Waals surface area contributed by atoms with Crippen molar-refractivity contribution in [3.8, 4) is 0 Å². The van der Waals surface area contributed by atoms with Crippen LogP contribution in [-0.4, -0.2) is 23.7 Å². The first-order valence-corrected chi connectivity index (χ1v) is 8.23. The van der Waals surface area contributed by atoms with Gasteiger partial charge in [-0.3, -0.25) is 0 Å². The normalized spacial score (nSPS) is 18.2. The summed E-state index contributed by atoms with van der Waals surface area (Å²) >= 11 is 0. The van der Waals surface area contributed by atoms with E-state index in [1.807, 2.05) is 54.6 Å². The molecule has 1 N–H and O–H groups in total. The third-order valence-corrected chi connectivity index (χ3v) is 4.41. The number of rotatable bonds is 4. The third-order valence-electron chi connectivity index (χ3n) is 4.41.